The number of hydrogen-bond acceptors (Lipinski definition) is 21. The van der Waals surface area contributed by atoms with Crippen LogP contribution in [0.15, 0.2) is 11.6 Å². The van der Waals surface area contributed by atoms with Gasteiger partial charge in [-0.25, -0.2) is 0 Å². The summed E-state index contributed by atoms with van der Waals surface area (Å²) in [5.41, 5.74) is 0.824. The molecule has 0 amide bonds. The Hall–Kier alpha value is -1.10. The molecule has 9 fully saturated rings. The molecule has 6 aliphatic heterocycles. The van der Waals surface area contributed by atoms with E-state index in [-0.39, 0.29) is 40.6 Å². The third-order valence-electron chi connectivity index (χ3n) is 19.7. The Morgan fingerprint density at radius 1 is 0.583 bits per heavy atom. The number of hydrogen-bond donors (Lipinski definition) is 11. The van der Waals surface area contributed by atoms with Crippen molar-refractivity contribution in [2.75, 3.05) is 13.2 Å². The third-order valence-corrected chi connectivity index (χ3v) is 19.7. The monoisotopic (exact) mass is 1030 g/mol. The van der Waals surface area contributed by atoms with Crippen LogP contribution in [0, 0.1) is 46.3 Å². The highest BCUT2D eigenvalue weighted by molar-refractivity contribution is 5.29. The van der Waals surface area contributed by atoms with Crippen LogP contribution in [0.1, 0.15) is 99.8 Å². The summed E-state index contributed by atoms with van der Waals surface area (Å²) in [7, 11) is 0. The Morgan fingerprint density at radius 2 is 1.18 bits per heavy atom. The molecular formula is C51H82O21. The lowest BCUT2D eigenvalue weighted by atomic mass is 9.46. The highest BCUT2D eigenvalue weighted by Crippen LogP contribution is 2.71. The van der Waals surface area contributed by atoms with Crippen LogP contribution < -0.4 is 0 Å². The molecule has 0 unspecified atom stereocenters. The first kappa shape index (κ1) is 54.3. The van der Waals surface area contributed by atoms with Gasteiger partial charge in [-0.1, -0.05) is 39.3 Å². The topological polar surface area (TPSA) is 315 Å². The molecular weight excluding hydrogens is 949 g/mol. The van der Waals surface area contributed by atoms with Gasteiger partial charge in [0.1, 0.15) is 79.4 Å². The molecule has 10 rings (SSSR count). The van der Waals surface area contributed by atoms with Gasteiger partial charge < -0.3 is 104 Å². The van der Waals surface area contributed by atoms with Crippen LogP contribution in [-0.4, -0.2) is 216 Å². The van der Waals surface area contributed by atoms with Crippen LogP contribution in [0.25, 0.3) is 0 Å². The number of ether oxygens (including phenoxy) is 10. The SMILES string of the molecule is C[C@@H]1CC[C@@]2(OC1)O[C@H]1C[C@H]3[C@@H]4[C@@H](O)C=C5C[C@@H](O[C@@H]6O[C@H](CO)[C@@H](O[C@@H]7O[C@@H](C)[C@H](O[C@@H]8O[C@@H](C)[C@H](O)[C@@H](O)[C@H]8O)[C@@H](O)[C@H]7O)[C@H](O)[C@H]6O[C@@H]6O[C@@H](C)[C@H](O)[C@@H](O)[C@H]6O)CC[C@]5(C)[C@H]4CC[C@]3(C)[C@H]1[C@@H]2C. The first-order valence-electron chi connectivity index (χ1n) is 26.7. The molecule has 21 nitrogen and oxygen atoms in total. The van der Waals surface area contributed by atoms with Crippen molar-refractivity contribution in [2.24, 2.45) is 46.3 Å². The Balaban J connectivity index is 0.847. The largest absolute Gasteiger partial charge is 0.394 e. The van der Waals surface area contributed by atoms with Gasteiger partial charge in [0.25, 0.3) is 0 Å². The van der Waals surface area contributed by atoms with Crippen molar-refractivity contribution in [2.45, 2.75) is 247 Å². The molecule has 72 heavy (non-hydrogen) atoms. The molecule has 21 heteroatoms. The predicted molar refractivity (Wildman–Crippen MR) is 245 cm³/mol. The minimum Gasteiger partial charge on any atom is -0.394 e. The second-order valence-corrected chi connectivity index (χ2v) is 24.0. The molecule has 6 heterocycles. The molecule has 0 bridgehead atoms. The molecule has 11 N–H and O–H groups in total. The fraction of sp³-hybridized carbons (Fsp3) is 0.961. The summed E-state index contributed by atoms with van der Waals surface area (Å²) in [5, 5.41) is 121. The van der Waals surface area contributed by atoms with Crippen LogP contribution in [0.2, 0.25) is 0 Å². The summed E-state index contributed by atoms with van der Waals surface area (Å²) in [6, 6.07) is 0. The van der Waals surface area contributed by atoms with E-state index in [0.29, 0.717) is 31.3 Å². The molecule has 4 aliphatic carbocycles. The second-order valence-electron chi connectivity index (χ2n) is 24.0. The molecule has 3 saturated carbocycles. The fourth-order valence-corrected chi connectivity index (χ4v) is 15.4. The standard InChI is InChI=1S/C51H82O21/c1-19-8-13-51(63-18-19)20(2)32-29(72-51)16-27-31-26(10-12-50(27,32)7)49(6)11-9-25(14-24(49)15-28(31)53)67-48-44(71-46-39(60)36(57)34(55)22(4)65-46)41(62)43(30(17-52)68-48)70-47-40(61)37(58)42(23(5)66-47)69-45-38(59)35(56)33(54)21(3)64-45/h15,19-23,25-48,52-62H,8-14,16-18H2,1-7H3/t19-,20+,21+,22+,23+,25+,26+,27+,28+,29+,30-,31-,32+,33+,34+,35-,36-,37+,38-,39-,40-,41+,42+,43-,44-,45+,46+,47+,48-,49+,50+,51-/m1/s1. The zero-order valence-corrected chi connectivity index (χ0v) is 42.4. The van der Waals surface area contributed by atoms with Crippen LogP contribution in [0.3, 0.4) is 0 Å². The quantitative estimate of drug-likeness (QED) is 0.124. The van der Waals surface area contributed by atoms with E-state index in [9.17, 15) is 56.2 Å². The lowest BCUT2D eigenvalue weighted by Gasteiger charge is -2.59. The summed E-state index contributed by atoms with van der Waals surface area (Å²) in [4.78, 5) is 0. The van der Waals surface area contributed by atoms with E-state index in [4.69, 9.17) is 47.4 Å². The number of aliphatic hydroxyl groups is 11. The molecule has 0 aromatic heterocycles. The Morgan fingerprint density at radius 3 is 1.79 bits per heavy atom. The maximum Gasteiger partial charge on any atom is 0.187 e. The number of fused-ring (bicyclic) bond motifs is 7. The lowest BCUT2D eigenvalue weighted by Crippen LogP contribution is -2.67. The van der Waals surface area contributed by atoms with E-state index < -0.39 is 147 Å². The average molecular weight is 1030 g/mol. The third kappa shape index (κ3) is 9.00. The van der Waals surface area contributed by atoms with Gasteiger partial charge in [-0.3, -0.25) is 0 Å². The van der Waals surface area contributed by atoms with E-state index in [1.165, 1.54) is 20.8 Å². The van der Waals surface area contributed by atoms with Crippen molar-refractivity contribution < 1.29 is 104 Å². The minimum absolute atomic E-state index is 0.00847. The van der Waals surface area contributed by atoms with E-state index in [1.807, 2.05) is 6.08 Å². The molecule has 10 aliphatic rings. The molecule has 32 atom stereocenters. The van der Waals surface area contributed by atoms with Crippen LogP contribution in [0.4, 0.5) is 0 Å². The van der Waals surface area contributed by atoms with Gasteiger partial charge in [-0.15, -0.1) is 0 Å². The molecule has 0 aromatic rings. The smallest absolute Gasteiger partial charge is 0.187 e. The van der Waals surface area contributed by atoms with Gasteiger partial charge >= 0.3 is 0 Å². The normalized spacial score (nSPS) is 58.8. The fourth-order valence-electron chi connectivity index (χ4n) is 15.4. The van der Waals surface area contributed by atoms with E-state index in [2.05, 4.69) is 27.7 Å². The Kier molecular flexibility index (Phi) is 15.3. The Bertz CT molecular complexity index is 1920. The van der Waals surface area contributed by atoms with Gasteiger partial charge in [-0.2, -0.15) is 0 Å². The highest BCUT2D eigenvalue weighted by Gasteiger charge is 2.70. The molecule has 412 valence electrons. The summed E-state index contributed by atoms with van der Waals surface area (Å²) in [5.74, 6) is 1.12. The van der Waals surface area contributed by atoms with Crippen molar-refractivity contribution >= 4 is 0 Å². The van der Waals surface area contributed by atoms with E-state index >= 15 is 0 Å². The van der Waals surface area contributed by atoms with Gasteiger partial charge in [0.2, 0.25) is 0 Å². The molecule has 6 saturated heterocycles. The maximum atomic E-state index is 12.3. The van der Waals surface area contributed by atoms with Gasteiger partial charge in [0, 0.05) is 12.3 Å². The summed E-state index contributed by atoms with van der Waals surface area (Å²) >= 11 is 0. The predicted octanol–water partition coefficient (Wildman–Crippen LogP) is -0.936. The Labute approximate surface area is 420 Å². The van der Waals surface area contributed by atoms with Gasteiger partial charge in [-0.05, 0) is 106 Å². The first-order valence-corrected chi connectivity index (χ1v) is 26.7. The molecule has 1 spiro atoms. The summed E-state index contributed by atoms with van der Waals surface area (Å²) in [6.07, 6.45) is -22.8. The van der Waals surface area contributed by atoms with Crippen LogP contribution in [-0.2, 0) is 47.4 Å². The number of rotatable bonds is 9. The molecule has 0 aromatic carbocycles. The van der Waals surface area contributed by atoms with E-state index in [1.54, 1.807) is 0 Å². The van der Waals surface area contributed by atoms with E-state index in [0.717, 1.165) is 44.1 Å². The van der Waals surface area contributed by atoms with Gasteiger partial charge in [0.15, 0.2) is 30.9 Å². The van der Waals surface area contributed by atoms with Crippen molar-refractivity contribution in [3.8, 4) is 0 Å². The van der Waals surface area contributed by atoms with Crippen LogP contribution >= 0.6 is 0 Å². The average Bonchev–Trinajstić information content (AvgIpc) is 3.79. The van der Waals surface area contributed by atoms with Crippen molar-refractivity contribution in [1.82, 2.24) is 0 Å². The minimum atomic E-state index is -1.87. The first-order chi connectivity index (χ1) is 34.0. The zero-order chi connectivity index (χ0) is 51.7. The van der Waals surface area contributed by atoms with Crippen LogP contribution in [0.5, 0.6) is 0 Å². The highest BCUT2D eigenvalue weighted by atomic mass is 16.8. The molecule has 0 radical (unpaired) electrons. The van der Waals surface area contributed by atoms with Crippen molar-refractivity contribution in [1.29, 1.82) is 0 Å². The van der Waals surface area contributed by atoms with Gasteiger partial charge in [0.05, 0.1) is 49.8 Å². The van der Waals surface area contributed by atoms with Crippen molar-refractivity contribution in [3.05, 3.63) is 11.6 Å². The lowest BCUT2D eigenvalue weighted by molar-refractivity contribution is -0.394. The summed E-state index contributed by atoms with van der Waals surface area (Å²) in [6.45, 7) is 13.7. The maximum absolute atomic E-state index is 12.3. The van der Waals surface area contributed by atoms with Crippen molar-refractivity contribution in [3.63, 3.8) is 0 Å². The zero-order valence-electron chi connectivity index (χ0n) is 42.4. The summed E-state index contributed by atoms with van der Waals surface area (Å²) < 4.78 is 62.0. The second kappa shape index (κ2) is 20.3. The number of aliphatic hydroxyl groups excluding tert-OH is 11.